The van der Waals surface area contributed by atoms with Gasteiger partial charge in [0, 0.05) is 32.0 Å². The number of fused-ring (bicyclic) bond motifs is 3. The second-order valence-electron chi connectivity index (χ2n) is 6.00. The second-order valence-corrected chi connectivity index (χ2v) is 7.95. The molecule has 1 fully saturated rings. The van der Waals surface area contributed by atoms with Crippen LogP contribution in [0.2, 0.25) is 5.02 Å². The number of hydrazine groups is 1. The minimum absolute atomic E-state index is 0.0510. The van der Waals surface area contributed by atoms with Crippen molar-refractivity contribution in [2.75, 3.05) is 33.1 Å². The quantitative estimate of drug-likeness (QED) is 0.779. The van der Waals surface area contributed by atoms with Crippen molar-refractivity contribution in [1.82, 2.24) is 20.2 Å². The van der Waals surface area contributed by atoms with E-state index in [1.165, 1.54) is 5.57 Å². The fourth-order valence-corrected chi connectivity index (χ4v) is 5.18. The van der Waals surface area contributed by atoms with Gasteiger partial charge in [-0.3, -0.25) is 9.22 Å². The van der Waals surface area contributed by atoms with E-state index in [9.17, 15) is 4.21 Å². The fourth-order valence-electron chi connectivity index (χ4n) is 3.42. The van der Waals surface area contributed by atoms with Gasteiger partial charge in [-0.05, 0) is 11.6 Å². The Labute approximate surface area is 143 Å². The SMILES string of the molecule is CN1CN2C(=C(c3ccccc3Cl)NCC3=CCS(=O)C32)N1C. The van der Waals surface area contributed by atoms with Crippen molar-refractivity contribution in [2.45, 2.75) is 5.37 Å². The molecule has 0 aromatic heterocycles. The molecule has 3 aliphatic heterocycles. The first-order valence-corrected chi connectivity index (χ1v) is 9.34. The molecule has 3 heterocycles. The largest absolute Gasteiger partial charge is 0.378 e. The van der Waals surface area contributed by atoms with Crippen LogP contribution in [0.1, 0.15) is 5.56 Å². The van der Waals surface area contributed by atoms with Crippen LogP contribution in [0.3, 0.4) is 0 Å². The van der Waals surface area contributed by atoms with E-state index in [0.717, 1.165) is 23.8 Å². The summed E-state index contributed by atoms with van der Waals surface area (Å²) in [4.78, 5) is 2.23. The van der Waals surface area contributed by atoms with Crippen LogP contribution in [0.4, 0.5) is 0 Å². The van der Waals surface area contributed by atoms with E-state index in [-0.39, 0.29) is 5.37 Å². The molecule has 7 heteroatoms. The highest BCUT2D eigenvalue weighted by Gasteiger charge is 2.42. The van der Waals surface area contributed by atoms with Gasteiger partial charge in [-0.2, -0.15) is 0 Å². The molecule has 1 saturated heterocycles. The Morgan fingerprint density at radius 2 is 2.09 bits per heavy atom. The molecule has 0 aliphatic carbocycles. The molecular weight excluding hydrogens is 332 g/mol. The van der Waals surface area contributed by atoms with Gasteiger partial charge >= 0.3 is 0 Å². The minimum Gasteiger partial charge on any atom is -0.378 e. The number of benzene rings is 1. The van der Waals surface area contributed by atoms with E-state index in [1.807, 2.05) is 38.4 Å². The molecule has 23 heavy (non-hydrogen) atoms. The van der Waals surface area contributed by atoms with Crippen LogP contribution in [0, 0.1) is 0 Å². The number of halogens is 1. The molecule has 3 aliphatic rings. The minimum atomic E-state index is -0.895. The fraction of sp³-hybridized carbons (Fsp3) is 0.375. The Balaban J connectivity index is 1.90. The maximum atomic E-state index is 12.5. The van der Waals surface area contributed by atoms with Gasteiger partial charge in [0.15, 0.2) is 0 Å². The maximum Gasteiger partial charge on any atom is 0.145 e. The van der Waals surface area contributed by atoms with Gasteiger partial charge in [-0.1, -0.05) is 35.9 Å². The van der Waals surface area contributed by atoms with Crippen LogP contribution in [-0.4, -0.2) is 57.6 Å². The summed E-state index contributed by atoms with van der Waals surface area (Å²) in [7, 11) is 3.17. The van der Waals surface area contributed by atoms with Crippen LogP contribution in [-0.2, 0) is 10.8 Å². The summed E-state index contributed by atoms with van der Waals surface area (Å²) in [6, 6.07) is 7.84. The van der Waals surface area contributed by atoms with E-state index in [2.05, 4.69) is 26.3 Å². The molecule has 4 rings (SSSR count). The molecule has 2 atom stereocenters. The highest BCUT2D eigenvalue weighted by molar-refractivity contribution is 7.86. The molecule has 0 saturated carbocycles. The number of nitrogens with zero attached hydrogens (tertiary/aromatic N) is 3. The standard InChI is InChI=1S/C16H19ClN4OS/c1-19-10-21-15(20(19)2)14(12-5-3-4-6-13(12)17)18-9-11-7-8-23(22)16(11)21/h3-7,16,18H,8-10H2,1-2H3. The molecular formula is C16H19ClN4OS. The molecule has 1 aromatic rings. The van der Waals surface area contributed by atoms with Crippen molar-refractivity contribution in [3.63, 3.8) is 0 Å². The van der Waals surface area contributed by atoms with E-state index in [4.69, 9.17) is 11.6 Å². The number of hydrogen-bond acceptors (Lipinski definition) is 5. The van der Waals surface area contributed by atoms with Crippen molar-refractivity contribution in [3.8, 4) is 0 Å². The molecule has 2 unspecified atom stereocenters. The summed E-state index contributed by atoms with van der Waals surface area (Å²) < 4.78 is 12.5. The lowest BCUT2D eigenvalue weighted by molar-refractivity contribution is 0.110. The zero-order chi connectivity index (χ0) is 16.1. The molecule has 122 valence electrons. The Hall–Kier alpha value is -1.50. The van der Waals surface area contributed by atoms with Crippen molar-refractivity contribution in [1.29, 1.82) is 0 Å². The Bertz CT molecular complexity index is 747. The van der Waals surface area contributed by atoms with Crippen molar-refractivity contribution >= 4 is 28.1 Å². The molecule has 0 spiro atoms. The Morgan fingerprint density at radius 3 is 2.87 bits per heavy atom. The lowest BCUT2D eigenvalue weighted by Crippen LogP contribution is -2.36. The zero-order valence-electron chi connectivity index (χ0n) is 13.1. The zero-order valence-corrected chi connectivity index (χ0v) is 14.7. The van der Waals surface area contributed by atoms with Gasteiger partial charge in [0.05, 0.1) is 28.2 Å². The molecule has 1 N–H and O–H groups in total. The lowest BCUT2D eigenvalue weighted by atomic mass is 10.1. The van der Waals surface area contributed by atoms with Gasteiger partial charge in [-0.25, -0.2) is 5.01 Å². The first-order valence-electron chi connectivity index (χ1n) is 7.58. The second kappa shape index (κ2) is 5.54. The maximum absolute atomic E-state index is 12.5. The smallest absolute Gasteiger partial charge is 0.145 e. The van der Waals surface area contributed by atoms with Crippen molar-refractivity contribution in [2.24, 2.45) is 0 Å². The predicted molar refractivity (Wildman–Crippen MR) is 93.5 cm³/mol. The van der Waals surface area contributed by atoms with E-state index >= 15 is 0 Å². The van der Waals surface area contributed by atoms with Crippen molar-refractivity contribution < 1.29 is 4.21 Å². The first kappa shape index (κ1) is 15.1. The summed E-state index contributed by atoms with van der Waals surface area (Å²) in [6.45, 7) is 1.42. The summed E-state index contributed by atoms with van der Waals surface area (Å²) in [5, 5.41) is 8.42. The molecule has 0 amide bonds. The highest BCUT2D eigenvalue weighted by atomic mass is 35.5. The molecule has 5 nitrogen and oxygen atoms in total. The molecule has 1 aromatic carbocycles. The normalized spacial score (nSPS) is 27.5. The van der Waals surface area contributed by atoms with Crippen LogP contribution < -0.4 is 5.32 Å². The van der Waals surface area contributed by atoms with E-state index in [0.29, 0.717) is 17.3 Å². The average molecular weight is 351 g/mol. The van der Waals surface area contributed by atoms with Gasteiger partial charge in [0.2, 0.25) is 0 Å². The van der Waals surface area contributed by atoms with Crippen LogP contribution in [0.15, 0.2) is 41.7 Å². The highest BCUT2D eigenvalue weighted by Crippen LogP contribution is 2.37. The first-order chi connectivity index (χ1) is 11.1. The third-order valence-electron chi connectivity index (χ3n) is 4.64. The van der Waals surface area contributed by atoms with Crippen LogP contribution in [0.25, 0.3) is 5.70 Å². The van der Waals surface area contributed by atoms with Gasteiger partial charge in [0.25, 0.3) is 0 Å². The Kier molecular flexibility index (Phi) is 3.63. The summed E-state index contributed by atoms with van der Waals surface area (Å²) in [6.07, 6.45) is 2.11. The van der Waals surface area contributed by atoms with Crippen molar-refractivity contribution in [3.05, 3.63) is 52.3 Å². The third-order valence-corrected chi connectivity index (χ3v) is 6.52. The number of hydrogen-bond donors (Lipinski definition) is 1. The summed E-state index contributed by atoms with van der Waals surface area (Å²) in [5.74, 6) is 1.67. The number of rotatable bonds is 1. The molecule has 0 radical (unpaired) electrons. The van der Waals surface area contributed by atoms with Crippen LogP contribution >= 0.6 is 11.6 Å². The summed E-state index contributed by atoms with van der Waals surface area (Å²) in [5.41, 5.74) is 3.17. The van der Waals surface area contributed by atoms with E-state index in [1.54, 1.807) is 0 Å². The van der Waals surface area contributed by atoms with Crippen LogP contribution in [0.5, 0.6) is 0 Å². The lowest BCUT2D eigenvalue weighted by Gasteiger charge is -2.27. The Morgan fingerprint density at radius 1 is 1.30 bits per heavy atom. The van der Waals surface area contributed by atoms with Gasteiger partial charge in [0.1, 0.15) is 11.2 Å². The predicted octanol–water partition coefficient (Wildman–Crippen LogP) is 1.64. The molecule has 0 bridgehead atoms. The summed E-state index contributed by atoms with van der Waals surface area (Å²) >= 11 is 6.44. The number of nitrogens with one attached hydrogen (secondary N) is 1. The topological polar surface area (TPSA) is 38.8 Å². The van der Waals surface area contributed by atoms with Gasteiger partial charge in [-0.15, -0.1) is 0 Å². The van der Waals surface area contributed by atoms with E-state index < -0.39 is 10.8 Å². The third kappa shape index (κ3) is 2.28. The average Bonchev–Trinajstić information content (AvgIpc) is 2.97. The van der Waals surface area contributed by atoms with Gasteiger partial charge < -0.3 is 10.2 Å². The monoisotopic (exact) mass is 350 g/mol.